The summed E-state index contributed by atoms with van der Waals surface area (Å²) in [5.74, 6) is 0.460. The average molecular weight is 331 g/mol. The van der Waals surface area contributed by atoms with Gasteiger partial charge in [0, 0.05) is 16.9 Å². The molecule has 18 heavy (non-hydrogen) atoms. The lowest BCUT2D eigenvalue weighted by Gasteiger charge is -2.04. The van der Waals surface area contributed by atoms with Gasteiger partial charge < -0.3 is 0 Å². The number of benzene rings is 1. The Hall–Kier alpha value is -0.880. The topological polar surface area (TPSA) is 58.5 Å². The van der Waals surface area contributed by atoms with Crippen molar-refractivity contribution in [1.82, 2.24) is 4.72 Å². The Morgan fingerprint density at radius 3 is 2.83 bits per heavy atom. The lowest BCUT2D eigenvalue weighted by atomic mass is 10.2. The van der Waals surface area contributed by atoms with Gasteiger partial charge in [-0.1, -0.05) is 35.0 Å². The highest BCUT2D eigenvalue weighted by molar-refractivity contribution is 9.09. The molecule has 98 valence electrons. The second kappa shape index (κ2) is 5.40. The molecule has 1 aliphatic heterocycles. The summed E-state index contributed by atoms with van der Waals surface area (Å²) in [5, 5.41) is 0. The zero-order chi connectivity index (χ0) is 13.2. The fraction of sp³-hybridized carbons (Fsp3) is 0.417. The maximum Gasteiger partial charge on any atom is 0.263 e. The van der Waals surface area contributed by atoms with E-state index in [2.05, 4.69) is 32.6 Å². The van der Waals surface area contributed by atoms with Gasteiger partial charge in [0.15, 0.2) is 0 Å². The Bertz CT molecular complexity index is 569. The number of halogens is 1. The Morgan fingerprint density at radius 2 is 2.11 bits per heavy atom. The lowest BCUT2D eigenvalue weighted by Crippen LogP contribution is -2.22. The number of nitrogens with zero attached hydrogens (tertiary/aromatic N) is 1. The zero-order valence-corrected chi connectivity index (χ0v) is 12.5. The van der Waals surface area contributed by atoms with E-state index in [1.807, 2.05) is 6.07 Å². The maximum atomic E-state index is 11.8. The SMILES string of the molecule is CCC(Br)CCN=C1NS(=O)(=O)c2ccccc21. The first-order chi connectivity index (χ1) is 8.54. The van der Waals surface area contributed by atoms with Gasteiger partial charge in [0.1, 0.15) is 5.84 Å². The van der Waals surface area contributed by atoms with E-state index < -0.39 is 10.0 Å². The van der Waals surface area contributed by atoms with E-state index in [0.717, 1.165) is 12.8 Å². The molecule has 1 atom stereocenters. The van der Waals surface area contributed by atoms with Crippen molar-refractivity contribution in [3.8, 4) is 0 Å². The van der Waals surface area contributed by atoms with E-state index in [0.29, 0.717) is 27.7 Å². The number of alkyl halides is 1. The molecule has 1 aromatic rings. The largest absolute Gasteiger partial charge is 0.267 e. The Morgan fingerprint density at radius 1 is 1.39 bits per heavy atom. The van der Waals surface area contributed by atoms with Crippen molar-refractivity contribution in [2.24, 2.45) is 4.99 Å². The molecule has 0 radical (unpaired) electrons. The molecule has 0 spiro atoms. The van der Waals surface area contributed by atoms with Crippen molar-refractivity contribution in [2.75, 3.05) is 6.54 Å². The first-order valence-electron chi connectivity index (χ1n) is 5.85. The van der Waals surface area contributed by atoms with Gasteiger partial charge in [-0.15, -0.1) is 0 Å². The quantitative estimate of drug-likeness (QED) is 0.861. The lowest BCUT2D eigenvalue weighted by molar-refractivity contribution is 0.595. The standard InChI is InChI=1S/C12H15BrN2O2S/c1-2-9(13)7-8-14-12-10-5-3-4-6-11(10)18(16,17)15-12/h3-6,9H,2,7-8H2,1H3,(H,14,15). The molecule has 4 nitrogen and oxygen atoms in total. The molecule has 0 fully saturated rings. The predicted molar refractivity (Wildman–Crippen MR) is 75.8 cm³/mol. The van der Waals surface area contributed by atoms with E-state index in [1.165, 1.54) is 0 Å². The Labute approximate surface area is 116 Å². The van der Waals surface area contributed by atoms with Crippen LogP contribution < -0.4 is 4.72 Å². The van der Waals surface area contributed by atoms with E-state index in [-0.39, 0.29) is 0 Å². The van der Waals surface area contributed by atoms with Crippen LogP contribution in [0.25, 0.3) is 0 Å². The smallest absolute Gasteiger partial charge is 0.263 e. The van der Waals surface area contributed by atoms with Gasteiger partial charge in [-0.2, -0.15) is 0 Å². The van der Waals surface area contributed by atoms with Crippen LogP contribution in [-0.2, 0) is 10.0 Å². The number of sulfonamides is 1. The molecular weight excluding hydrogens is 316 g/mol. The molecule has 1 aliphatic rings. The number of hydrogen-bond acceptors (Lipinski definition) is 3. The molecule has 0 saturated carbocycles. The molecule has 0 bridgehead atoms. The maximum absolute atomic E-state index is 11.8. The van der Waals surface area contributed by atoms with Crippen molar-refractivity contribution in [2.45, 2.75) is 29.5 Å². The van der Waals surface area contributed by atoms with Crippen LogP contribution in [0.15, 0.2) is 34.2 Å². The molecule has 1 heterocycles. The van der Waals surface area contributed by atoms with Crippen molar-refractivity contribution in [3.05, 3.63) is 29.8 Å². The molecule has 6 heteroatoms. The van der Waals surface area contributed by atoms with Crippen molar-refractivity contribution < 1.29 is 8.42 Å². The van der Waals surface area contributed by atoms with Gasteiger partial charge in [0.25, 0.3) is 10.0 Å². The third-order valence-corrected chi connectivity index (χ3v) is 5.32. The zero-order valence-electron chi connectivity index (χ0n) is 10.1. The average Bonchev–Trinajstić information content (AvgIpc) is 2.62. The van der Waals surface area contributed by atoms with Crippen molar-refractivity contribution >= 4 is 31.8 Å². The van der Waals surface area contributed by atoms with Gasteiger partial charge in [-0.3, -0.25) is 9.71 Å². The fourth-order valence-electron chi connectivity index (χ4n) is 1.77. The summed E-state index contributed by atoms with van der Waals surface area (Å²) in [7, 11) is -3.40. The molecule has 0 aromatic heterocycles. The van der Waals surface area contributed by atoms with Crippen LogP contribution in [0.4, 0.5) is 0 Å². The molecule has 1 unspecified atom stereocenters. The van der Waals surface area contributed by atoms with Crippen LogP contribution >= 0.6 is 15.9 Å². The summed E-state index contributed by atoms with van der Waals surface area (Å²) >= 11 is 3.53. The Kier molecular flexibility index (Phi) is 4.07. The van der Waals surface area contributed by atoms with E-state index in [4.69, 9.17) is 0 Å². The summed E-state index contributed by atoms with van der Waals surface area (Å²) in [6, 6.07) is 6.90. The summed E-state index contributed by atoms with van der Waals surface area (Å²) in [6.45, 7) is 2.70. The van der Waals surface area contributed by atoms with E-state index in [9.17, 15) is 8.42 Å². The number of amidine groups is 1. The van der Waals surface area contributed by atoms with Crippen LogP contribution in [0.2, 0.25) is 0 Å². The molecule has 1 aromatic carbocycles. The highest BCUT2D eigenvalue weighted by Gasteiger charge is 2.29. The summed E-state index contributed by atoms with van der Waals surface area (Å²) in [4.78, 5) is 5.08. The normalized spacial score (nSPS) is 20.4. The Balaban J connectivity index is 2.20. The summed E-state index contributed by atoms with van der Waals surface area (Å²) in [5.41, 5.74) is 0.667. The number of aliphatic imine (C=N–C) groups is 1. The van der Waals surface area contributed by atoms with E-state index in [1.54, 1.807) is 18.2 Å². The minimum atomic E-state index is -3.40. The predicted octanol–water partition coefficient (Wildman–Crippen LogP) is 2.29. The molecule has 1 N–H and O–H groups in total. The molecule has 0 saturated heterocycles. The van der Waals surface area contributed by atoms with Crippen molar-refractivity contribution in [3.63, 3.8) is 0 Å². The minimum Gasteiger partial charge on any atom is -0.267 e. The molecule has 0 aliphatic carbocycles. The van der Waals surface area contributed by atoms with Gasteiger partial charge in [-0.25, -0.2) is 8.42 Å². The second-order valence-electron chi connectivity index (χ2n) is 4.13. The van der Waals surface area contributed by atoms with Crippen LogP contribution in [0.5, 0.6) is 0 Å². The van der Waals surface area contributed by atoms with Gasteiger partial charge >= 0.3 is 0 Å². The summed E-state index contributed by atoms with van der Waals surface area (Å²) < 4.78 is 26.1. The molecule has 2 rings (SSSR count). The fourth-order valence-corrected chi connectivity index (χ4v) is 3.23. The van der Waals surface area contributed by atoms with Crippen LogP contribution in [0.1, 0.15) is 25.3 Å². The number of fused-ring (bicyclic) bond motifs is 1. The van der Waals surface area contributed by atoms with Crippen LogP contribution in [0.3, 0.4) is 0 Å². The van der Waals surface area contributed by atoms with Gasteiger partial charge in [0.05, 0.1) is 4.90 Å². The highest BCUT2D eigenvalue weighted by Crippen LogP contribution is 2.22. The third kappa shape index (κ3) is 2.75. The van der Waals surface area contributed by atoms with Gasteiger partial charge in [0.2, 0.25) is 0 Å². The van der Waals surface area contributed by atoms with Crippen LogP contribution in [-0.4, -0.2) is 25.6 Å². The first-order valence-corrected chi connectivity index (χ1v) is 8.25. The number of hydrogen-bond donors (Lipinski definition) is 1. The first kappa shape index (κ1) is 13.5. The third-order valence-electron chi connectivity index (χ3n) is 2.82. The minimum absolute atomic E-state index is 0.314. The molecule has 0 amide bonds. The summed E-state index contributed by atoms with van der Waals surface area (Å²) in [6.07, 6.45) is 1.93. The highest BCUT2D eigenvalue weighted by atomic mass is 79.9. The monoisotopic (exact) mass is 330 g/mol. The second-order valence-corrected chi connectivity index (χ2v) is 7.07. The number of nitrogens with one attached hydrogen (secondary N) is 1. The van der Waals surface area contributed by atoms with E-state index >= 15 is 0 Å². The molecular formula is C12H15BrN2O2S. The number of rotatable bonds is 4. The van der Waals surface area contributed by atoms with Gasteiger partial charge in [-0.05, 0) is 25.0 Å². The van der Waals surface area contributed by atoms with Crippen molar-refractivity contribution in [1.29, 1.82) is 0 Å². The van der Waals surface area contributed by atoms with Crippen LogP contribution in [0, 0.1) is 0 Å².